The molecule has 4 nitrogen and oxygen atoms in total. The van der Waals surface area contributed by atoms with Crippen LogP contribution in [0.4, 0.5) is 4.39 Å². The highest BCUT2D eigenvalue weighted by atomic mass is 18.2. The number of alkyl halides is 1. The van der Waals surface area contributed by atoms with Gasteiger partial charge >= 0.3 is 0 Å². The van der Waals surface area contributed by atoms with Crippen LogP contribution in [0.15, 0.2) is 0 Å². The fourth-order valence-corrected chi connectivity index (χ4v) is 0.505. The molecule has 0 heterocycles. The van der Waals surface area contributed by atoms with Crippen LogP contribution < -0.4 is 11.5 Å². The SMILES string of the molecule is CC(=O)[C@H](N)C[C@@H]([18F])C(N)=O. The normalized spacial score (nSPS) is 15.5. The molecule has 0 bridgehead atoms. The Hall–Kier alpha value is -0.970. The van der Waals surface area contributed by atoms with Crippen molar-refractivity contribution in [1.29, 1.82) is 0 Å². The average molecular weight is 161 g/mol. The van der Waals surface area contributed by atoms with Gasteiger partial charge in [-0.25, -0.2) is 4.39 Å². The summed E-state index contributed by atoms with van der Waals surface area (Å²) in [5.41, 5.74) is 9.76. The zero-order valence-electron chi connectivity index (χ0n) is 6.21. The maximum atomic E-state index is 12.4. The number of amides is 1. The van der Waals surface area contributed by atoms with E-state index in [4.69, 9.17) is 5.73 Å². The molecule has 0 saturated heterocycles. The van der Waals surface area contributed by atoms with Crippen molar-refractivity contribution >= 4 is 11.7 Å². The minimum absolute atomic E-state index is 0.329. The van der Waals surface area contributed by atoms with Crippen molar-refractivity contribution in [2.45, 2.75) is 25.6 Å². The van der Waals surface area contributed by atoms with Gasteiger partial charge in [0.2, 0.25) is 0 Å². The van der Waals surface area contributed by atoms with E-state index in [1.807, 2.05) is 0 Å². The average Bonchev–Trinajstić information content (AvgIpc) is 1.87. The molecule has 0 aromatic rings. The number of nitrogens with two attached hydrogens (primary N) is 2. The Labute approximate surface area is 63.7 Å². The molecule has 0 aromatic heterocycles. The highest BCUT2D eigenvalue weighted by Crippen LogP contribution is 2.00. The van der Waals surface area contributed by atoms with Gasteiger partial charge in [0.25, 0.3) is 5.91 Å². The summed E-state index contributed by atoms with van der Waals surface area (Å²) >= 11 is 0. The fraction of sp³-hybridized carbons (Fsp3) is 0.667. The molecule has 0 radical (unpaired) electrons. The van der Waals surface area contributed by atoms with E-state index in [1.165, 1.54) is 6.92 Å². The fourth-order valence-electron chi connectivity index (χ4n) is 0.505. The second-order valence-corrected chi connectivity index (χ2v) is 2.32. The van der Waals surface area contributed by atoms with Crippen molar-refractivity contribution in [3.05, 3.63) is 0 Å². The van der Waals surface area contributed by atoms with Crippen LogP contribution >= 0.6 is 0 Å². The molecule has 5 heteroatoms. The van der Waals surface area contributed by atoms with Crippen LogP contribution in [-0.2, 0) is 9.59 Å². The Kier molecular flexibility index (Phi) is 3.67. The van der Waals surface area contributed by atoms with Crippen molar-refractivity contribution in [2.24, 2.45) is 11.5 Å². The lowest BCUT2D eigenvalue weighted by atomic mass is 10.1. The van der Waals surface area contributed by atoms with Crippen molar-refractivity contribution in [1.82, 2.24) is 0 Å². The first kappa shape index (κ1) is 10.0. The summed E-state index contributed by atoms with van der Waals surface area (Å²) < 4.78 is 12.4. The number of hydrogen-bond donors (Lipinski definition) is 2. The number of halogens is 1. The van der Waals surface area contributed by atoms with Crippen molar-refractivity contribution < 1.29 is 14.0 Å². The molecule has 11 heavy (non-hydrogen) atoms. The lowest BCUT2D eigenvalue weighted by Crippen LogP contribution is -2.36. The first-order chi connectivity index (χ1) is 4.95. The molecule has 0 spiro atoms. The molecule has 0 rings (SSSR count). The van der Waals surface area contributed by atoms with Crippen LogP contribution in [0.1, 0.15) is 13.3 Å². The van der Waals surface area contributed by atoms with Crippen molar-refractivity contribution in [2.75, 3.05) is 0 Å². The second-order valence-electron chi connectivity index (χ2n) is 2.32. The maximum absolute atomic E-state index is 12.4. The van der Waals surface area contributed by atoms with E-state index < -0.39 is 18.1 Å². The summed E-state index contributed by atoms with van der Waals surface area (Å²) in [5.74, 6) is -1.43. The van der Waals surface area contributed by atoms with Crippen LogP contribution in [0.25, 0.3) is 0 Å². The smallest absolute Gasteiger partial charge is 0.252 e. The summed E-state index contributed by atoms with van der Waals surface area (Å²) in [7, 11) is 0. The van der Waals surface area contributed by atoms with E-state index in [1.54, 1.807) is 0 Å². The lowest BCUT2D eigenvalue weighted by molar-refractivity contribution is -0.124. The third-order valence-corrected chi connectivity index (χ3v) is 1.29. The summed E-state index contributed by atoms with van der Waals surface area (Å²) in [6.07, 6.45) is -2.15. The van der Waals surface area contributed by atoms with E-state index in [-0.39, 0.29) is 12.2 Å². The van der Waals surface area contributed by atoms with Gasteiger partial charge in [-0.15, -0.1) is 0 Å². The Morgan fingerprint density at radius 3 is 2.27 bits per heavy atom. The first-order valence-corrected chi connectivity index (χ1v) is 3.14. The predicted molar refractivity (Wildman–Crippen MR) is 37.4 cm³/mol. The minimum atomic E-state index is -1.83. The van der Waals surface area contributed by atoms with Crippen LogP contribution in [0, 0.1) is 0 Å². The van der Waals surface area contributed by atoms with E-state index in [0.717, 1.165) is 0 Å². The summed E-state index contributed by atoms with van der Waals surface area (Å²) in [6, 6.07) is -0.933. The molecule has 0 unspecified atom stereocenters. The number of carbonyl (C=O) groups excluding carboxylic acids is 2. The van der Waals surface area contributed by atoms with E-state index >= 15 is 0 Å². The molecule has 0 aliphatic rings. The number of rotatable bonds is 4. The number of ketones is 1. The van der Waals surface area contributed by atoms with Crippen LogP contribution in [0.5, 0.6) is 0 Å². The summed E-state index contributed by atoms with van der Waals surface area (Å²) in [6.45, 7) is 1.23. The van der Waals surface area contributed by atoms with Gasteiger partial charge in [-0.2, -0.15) is 0 Å². The monoisotopic (exact) mass is 161 g/mol. The van der Waals surface area contributed by atoms with E-state index in [2.05, 4.69) is 5.73 Å². The van der Waals surface area contributed by atoms with Gasteiger partial charge in [0.15, 0.2) is 6.17 Å². The van der Waals surface area contributed by atoms with E-state index in [0.29, 0.717) is 0 Å². The number of hydrogen-bond acceptors (Lipinski definition) is 3. The first-order valence-electron chi connectivity index (χ1n) is 3.14. The highest BCUT2D eigenvalue weighted by Gasteiger charge is 2.19. The third-order valence-electron chi connectivity index (χ3n) is 1.29. The van der Waals surface area contributed by atoms with Crippen molar-refractivity contribution in [3.8, 4) is 0 Å². The molecule has 2 atom stereocenters. The molecular weight excluding hydrogens is 150 g/mol. The van der Waals surface area contributed by atoms with Gasteiger partial charge in [-0.05, 0) is 6.92 Å². The summed E-state index contributed by atoms with van der Waals surface area (Å²) in [4.78, 5) is 20.6. The Bertz CT molecular complexity index is 154. The topological polar surface area (TPSA) is 86.2 Å². The number of Topliss-reactive ketones (excluding diaryl/α,β-unsaturated/α-hetero) is 1. The quantitative estimate of drug-likeness (QED) is 0.561. The molecular formula is C6H11FN2O2. The van der Waals surface area contributed by atoms with Gasteiger partial charge in [-0.3, -0.25) is 9.59 Å². The molecule has 0 fully saturated rings. The van der Waals surface area contributed by atoms with Gasteiger partial charge in [0.05, 0.1) is 6.04 Å². The van der Waals surface area contributed by atoms with Crippen LogP contribution in [-0.4, -0.2) is 23.9 Å². The third kappa shape index (κ3) is 3.67. The molecule has 64 valence electrons. The molecule has 0 aromatic carbocycles. The zero-order chi connectivity index (χ0) is 9.02. The molecule has 0 aliphatic carbocycles. The van der Waals surface area contributed by atoms with Gasteiger partial charge in [-0.1, -0.05) is 0 Å². The van der Waals surface area contributed by atoms with Gasteiger partial charge in [0.1, 0.15) is 5.78 Å². The molecule has 0 saturated carbocycles. The van der Waals surface area contributed by atoms with Crippen LogP contribution in [0.2, 0.25) is 0 Å². The largest absolute Gasteiger partial charge is 0.367 e. The lowest BCUT2D eigenvalue weighted by Gasteiger charge is -2.08. The Balaban J connectivity index is 3.84. The molecule has 4 N–H and O–H groups in total. The maximum Gasteiger partial charge on any atom is 0.252 e. The number of primary amides is 1. The Morgan fingerprint density at radius 2 is 2.00 bits per heavy atom. The van der Waals surface area contributed by atoms with E-state index in [9.17, 15) is 14.0 Å². The highest BCUT2D eigenvalue weighted by molar-refractivity contribution is 5.83. The minimum Gasteiger partial charge on any atom is -0.367 e. The van der Waals surface area contributed by atoms with Gasteiger partial charge in [0, 0.05) is 6.42 Å². The molecule has 0 aliphatic heterocycles. The van der Waals surface area contributed by atoms with Crippen LogP contribution in [0.3, 0.4) is 0 Å². The van der Waals surface area contributed by atoms with Crippen molar-refractivity contribution in [3.63, 3.8) is 0 Å². The van der Waals surface area contributed by atoms with Gasteiger partial charge < -0.3 is 11.5 Å². The Morgan fingerprint density at radius 1 is 1.55 bits per heavy atom. The summed E-state index contributed by atoms with van der Waals surface area (Å²) in [5, 5.41) is 0. The zero-order valence-corrected chi connectivity index (χ0v) is 6.21. The predicted octanol–water partition coefficient (Wildman–Crippen LogP) is -0.884. The second kappa shape index (κ2) is 4.02. The number of carbonyl (C=O) groups is 2. The standard InChI is InChI=1S/C6H11FN2O2/c1-3(10)5(8)2-4(7)6(9)11/h4-5H,2,8H2,1H3,(H2,9,11)/t4-,5-/m1/s1/i7-1. The molecule has 1 amide bonds.